The zero-order valence-corrected chi connectivity index (χ0v) is 10.9. The van der Waals surface area contributed by atoms with Gasteiger partial charge in [-0.15, -0.1) is 21.5 Å². The number of aromatic nitrogens is 3. The molecular formula is C10H12N4OS2. The summed E-state index contributed by atoms with van der Waals surface area (Å²) in [5.74, 6) is 1.79. The minimum atomic E-state index is 0.319. The molecule has 0 aromatic carbocycles. The Morgan fingerprint density at radius 1 is 1.59 bits per heavy atom. The molecule has 3 heterocycles. The topological polar surface area (TPSA) is 52.0 Å². The lowest BCUT2D eigenvalue weighted by Gasteiger charge is -2.25. The Kier molecular flexibility index (Phi) is 3.04. The lowest BCUT2D eigenvalue weighted by Crippen LogP contribution is -2.28. The molecule has 0 saturated heterocycles. The minimum absolute atomic E-state index is 0.319. The molecule has 0 radical (unpaired) electrons. The molecule has 1 N–H and O–H groups in total. The summed E-state index contributed by atoms with van der Waals surface area (Å²) in [7, 11) is 1.66. The molecule has 1 unspecified atom stereocenters. The fraction of sp³-hybridized carbons (Fsp3) is 0.400. The first kappa shape index (κ1) is 11.1. The van der Waals surface area contributed by atoms with Gasteiger partial charge in [-0.25, -0.2) is 4.68 Å². The van der Waals surface area contributed by atoms with Gasteiger partial charge in [0.1, 0.15) is 6.61 Å². The molecular weight excluding hydrogens is 256 g/mol. The molecule has 3 rings (SSSR count). The van der Waals surface area contributed by atoms with Crippen molar-refractivity contribution in [2.45, 2.75) is 17.8 Å². The molecule has 0 bridgehead atoms. The highest BCUT2D eigenvalue weighted by molar-refractivity contribution is 7.99. The zero-order chi connectivity index (χ0) is 11.7. The van der Waals surface area contributed by atoms with E-state index in [0.717, 1.165) is 16.7 Å². The summed E-state index contributed by atoms with van der Waals surface area (Å²) in [6.45, 7) is 0.470. The molecule has 0 aliphatic carbocycles. The van der Waals surface area contributed by atoms with Gasteiger partial charge in [-0.2, -0.15) is 0 Å². The molecule has 1 aliphatic rings. The largest absolute Gasteiger partial charge is 0.377 e. The van der Waals surface area contributed by atoms with Gasteiger partial charge in [-0.05, 0) is 11.4 Å². The Morgan fingerprint density at radius 3 is 3.29 bits per heavy atom. The van der Waals surface area contributed by atoms with Crippen LogP contribution >= 0.6 is 23.1 Å². The van der Waals surface area contributed by atoms with Crippen molar-refractivity contribution in [3.05, 3.63) is 28.2 Å². The lowest BCUT2D eigenvalue weighted by molar-refractivity contribution is 0.174. The second-order valence-corrected chi connectivity index (χ2v) is 5.64. The number of methoxy groups -OCH3 is 1. The quantitative estimate of drug-likeness (QED) is 0.921. The van der Waals surface area contributed by atoms with Gasteiger partial charge in [-0.1, -0.05) is 17.8 Å². The smallest absolute Gasteiger partial charge is 0.210 e. The number of ether oxygens (including phenoxy) is 1. The molecule has 5 nitrogen and oxygen atoms in total. The van der Waals surface area contributed by atoms with Crippen LogP contribution in [-0.4, -0.2) is 27.7 Å². The lowest BCUT2D eigenvalue weighted by atomic mass is 10.3. The molecule has 1 atom stereocenters. The summed E-state index contributed by atoms with van der Waals surface area (Å²) < 4.78 is 7.04. The molecule has 0 fully saturated rings. The van der Waals surface area contributed by atoms with Gasteiger partial charge < -0.3 is 10.2 Å². The Labute approximate surface area is 107 Å². The van der Waals surface area contributed by atoms with Gasteiger partial charge in [0.25, 0.3) is 0 Å². The minimum Gasteiger partial charge on any atom is -0.377 e. The molecule has 0 saturated carbocycles. The number of fused-ring (bicyclic) bond motifs is 1. The van der Waals surface area contributed by atoms with Gasteiger partial charge in [-0.3, -0.25) is 0 Å². The summed E-state index contributed by atoms with van der Waals surface area (Å²) in [6, 6.07) is 4.54. The van der Waals surface area contributed by atoms with E-state index in [-0.39, 0.29) is 0 Å². The maximum Gasteiger partial charge on any atom is 0.210 e. The highest BCUT2D eigenvalue weighted by Crippen LogP contribution is 2.31. The Bertz CT molecular complexity index is 496. The van der Waals surface area contributed by atoms with Crippen molar-refractivity contribution in [1.82, 2.24) is 14.9 Å². The highest BCUT2D eigenvalue weighted by atomic mass is 32.2. The number of nitrogens with zero attached hydrogens (tertiary/aromatic N) is 3. The third-order valence-corrected chi connectivity index (χ3v) is 4.53. The van der Waals surface area contributed by atoms with Crippen LogP contribution in [-0.2, 0) is 11.3 Å². The Hall–Kier alpha value is -1.05. The standard InChI is InChI=1S/C10H12N4OS2/c1-15-5-9-11-12-10-14(9)13-7(6-17-10)8-3-2-4-16-8/h2-4,7,13H,5-6H2,1H3. The monoisotopic (exact) mass is 268 g/mol. The predicted molar refractivity (Wildman–Crippen MR) is 67.9 cm³/mol. The fourth-order valence-corrected chi connectivity index (χ4v) is 3.57. The molecule has 2 aromatic heterocycles. The van der Waals surface area contributed by atoms with Crippen LogP contribution in [0.2, 0.25) is 0 Å². The summed E-state index contributed by atoms with van der Waals surface area (Å²) in [5, 5.41) is 11.2. The molecule has 90 valence electrons. The summed E-state index contributed by atoms with van der Waals surface area (Å²) in [4.78, 5) is 1.33. The maximum absolute atomic E-state index is 5.11. The second kappa shape index (κ2) is 4.67. The van der Waals surface area contributed by atoms with E-state index in [2.05, 4.69) is 33.1 Å². The molecule has 1 aliphatic heterocycles. The summed E-state index contributed by atoms with van der Waals surface area (Å²) in [5.41, 5.74) is 3.43. The molecule has 0 amide bonds. The van der Waals surface area contributed by atoms with Crippen LogP contribution in [0.4, 0.5) is 0 Å². The average molecular weight is 268 g/mol. The Morgan fingerprint density at radius 2 is 2.53 bits per heavy atom. The van der Waals surface area contributed by atoms with Crippen molar-refractivity contribution in [1.29, 1.82) is 0 Å². The van der Waals surface area contributed by atoms with Gasteiger partial charge in [0.15, 0.2) is 5.82 Å². The third kappa shape index (κ3) is 2.05. The Balaban J connectivity index is 1.86. The maximum atomic E-state index is 5.11. The number of nitrogens with one attached hydrogen (secondary N) is 1. The second-order valence-electron chi connectivity index (χ2n) is 3.68. The van der Waals surface area contributed by atoms with E-state index >= 15 is 0 Å². The van der Waals surface area contributed by atoms with Crippen molar-refractivity contribution in [2.24, 2.45) is 0 Å². The van der Waals surface area contributed by atoms with Gasteiger partial charge in [0.2, 0.25) is 5.16 Å². The predicted octanol–water partition coefficient (Wildman–Crippen LogP) is 1.88. The SMILES string of the molecule is COCc1nnc2n1NC(c1cccs1)CS2. The van der Waals surface area contributed by atoms with E-state index in [1.165, 1.54) is 4.88 Å². The molecule has 17 heavy (non-hydrogen) atoms. The van der Waals surface area contributed by atoms with Crippen molar-refractivity contribution >= 4 is 23.1 Å². The number of thiophene rings is 1. The first-order valence-corrected chi connectivity index (χ1v) is 7.11. The van der Waals surface area contributed by atoms with Crippen LogP contribution < -0.4 is 5.43 Å². The van der Waals surface area contributed by atoms with Crippen LogP contribution in [0.1, 0.15) is 16.7 Å². The van der Waals surface area contributed by atoms with Crippen LogP contribution in [0.25, 0.3) is 0 Å². The number of rotatable bonds is 3. The molecule has 2 aromatic rings. The van der Waals surface area contributed by atoms with E-state index < -0.39 is 0 Å². The number of hydrogen-bond donors (Lipinski definition) is 1. The first-order chi connectivity index (χ1) is 8.38. The van der Waals surface area contributed by atoms with E-state index in [1.807, 2.05) is 4.68 Å². The molecule has 0 spiro atoms. The number of thioether (sulfide) groups is 1. The summed E-state index contributed by atoms with van der Waals surface area (Å²) >= 11 is 3.48. The van der Waals surface area contributed by atoms with E-state index in [1.54, 1.807) is 30.2 Å². The molecule has 7 heteroatoms. The van der Waals surface area contributed by atoms with Gasteiger partial charge in [0.05, 0.1) is 6.04 Å². The highest BCUT2D eigenvalue weighted by Gasteiger charge is 2.24. The van der Waals surface area contributed by atoms with Crippen LogP contribution in [0.5, 0.6) is 0 Å². The van der Waals surface area contributed by atoms with Gasteiger partial charge >= 0.3 is 0 Å². The van der Waals surface area contributed by atoms with E-state index in [9.17, 15) is 0 Å². The normalized spacial score (nSPS) is 18.8. The summed E-state index contributed by atoms with van der Waals surface area (Å²) in [6.07, 6.45) is 0. The van der Waals surface area contributed by atoms with Crippen molar-refractivity contribution in [2.75, 3.05) is 18.3 Å². The van der Waals surface area contributed by atoms with E-state index in [0.29, 0.717) is 12.6 Å². The van der Waals surface area contributed by atoms with Crippen molar-refractivity contribution in [3.63, 3.8) is 0 Å². The van der Waals surface area contributed by atoms with Crippen LogP contribution in [0.3, 0.4) is 0 Å². The fourth-order valence-electron chi connectivity index (χ4n) is 1.73. The van der Waals surface area contributed by atoms with Crippen LogP contribution in [0, 0.1) is 0 Å². The van der Waals surface area contributed by atoms with E-state index in [4.69, 9.17) is 4.74 Å². The van der Waals surface area contributed by atoms with Crippen molar-refractivity contribution in [3.8, 4) is 0 Å². The van der Waals surface area contributed by atoms with Gasteiger partial charge in [0, 0.05) is 17.7 Å². The third-order valence-electron chi connectivity index (χ3n) is 2.52. The zero-order valence-electron chi connectivity index (χ0n) is 9.29. The van der Waals surface area contributed by atoms with Crippen LogP contribution in [0.15, 0.2) is 22.7 Å². The first-order valence-electron chi connectivity index (χ1n) is 5.24. The van der Waals surface area contributed by atoms with Crippen molar-refractivity contribution < 1.29 is 4.74 Å². The number of hydrogen-bond acceptors (Lipinski definition) is 6. The average Bonchev–Trinajstić information content (AvgIpc) is 2.98.